The van der Waals surface area contributed by atoms with Crippen molar-refractivity contribution >= 4 is 5.91 Å². The maximum atomic E-state index is 12.2. The number of hydrogen-bond acceptors (Lipinski definition) is 2. The molecule has 1 heterocycles. The Kier molecular flexibility index (Phi) is 4.43. The second-order valence-corrected chi connectivity index (χ2v) is 5.89. The van der Waals surface area contributed by atoms with Gasteiger partial charge in [-0.1, -0.05) is 19.8 Å². The molecule has 1 aliphatic heterocycles. The molecule has 2 rings (SSSR count). The van der Waals surface area contributed by atoms with Gasteiger partial charge in [0.1, 0.15) is 0 Å². The quantitative estimate of drug-likeness (QED) is 0.817. The molecule has 0 aromatic heterocycles. The second-order valence-electron chi connectivity index (χ2n) is 5.89. The molecule has 1 aliphatic carbocycles. The standard InChI is InChI=1S/C14H26N2O/c1-11-6-5-7-13(10-11)15-12(2)14(17)16-8-3-4-9-16/h11-13,15H,3-10H2,1-2H3. The van der Waals surface area contributed by atoms with Gasteiger partial charge in [0.15, 0.2) is 0 Å². The molecular formula is C14H26N2O. The van der Waals surface area contributed by atoms with E-state index in [4.69, 9.17) is 0 Å². The van der Waals surface area contributed by atoms with E-state index < -0.39 is 0 Å². The summed E-state index contributed by atoms with van der Waals surface area (Å²) in [4.78, 5) is 14.2. The predicted octanol–water partition coefficient (Wildman–Crippen LogP) is 2.17. The number of rotatable bonds is 3. The molecule has 2 fully saturated rings. The van der Waals surface area contributed by atoms with Crippen molar-refractivity contribution in [3.63, 3.8) is 0 Å². The monoisotopic (exact) mass is 238 g/mol. The van der Waals surface area contributed by atoms with E-state index in [-0.39, 0.29) is 6.04 Å². The van der Waals surface area contributed by atoms with Gasteiger partial charge in [0.2, 0.25) is 5.91 Å². The Hall–Kier alpha value is -0.570. The van der Waals surface area contributed by atoms with Crippen molar-refractivity contribution in [2.24, 2.45) is 5.92 Å². The third-order valence-corrected chi connectivity index (χ3v) is 4.21. The normalized spacial score (nSPS) is 31.5. The van der Waals surface area contributed by atoms with E-state index in [0.717, 1.165) is 19.0 Å². The van der Waals surface area contributed by atoms with Crippen molar-refractivity contribution in [1.82, 2.24) is 10.2 Å². The van der Waals surface area contributed by atoms with Crippen LogP contribution in [0.25, 0.3) is 0 Å². The van der Waals surface area contributed by atoms with Gasteiger partial charge in [-0.2, -0.15) is 0 Å². The number of amides is 1. The van der Waals surface area contributed by atoms with Crippen LogP contribution in [0.15, 0.2) is 0 Å². The Morgan fingerprint density at radius 2 is 1.94 bits per heavy atom. The summed E-state index contributed by atoms with van der Waals surface area (Å²) in [5.41, 5.74) is 0. The van der Waals surface area contributed by atoms with E-state index >= 15 is 0 Å². The molecule has 17 heavy (non-hydrogen) atoms. The topological polar surface area (TPSA) is 32.3 Å². The smallest absolute Gasteiger partial charge is 0.239 e. The zero-order valence-electron chi connectivity index (χ0n) is 11.2. The van der Waals surface area contributed by atoms with Crippen LogP contribution < -0.4 is 5.32 Å². The molecule has 3 atom stereocenters. The summed E-state index contributed by atoms with van der Waals surface area (Å²) in [7, 11) is 0. The van der Waals surface area contributed by atoms with E-state index in [1.54, 1.807) is 0 Å². The molecule has 1 N–H and O–H groups in total. The lowest BCUT2D eigenvalue weighted by molar-refractivity contribution is -0.132. The molecule has 0 aromatic carbocycles. The van der Waals surface area contributed by atoms with Crippen LogP contribution in [0.4, 0.5) is 0 Å². The minimum atomic E-state index is 0.00315. The summed E-state index contributed by atoms with van der Waals surface area (Å²) in [6.07, 6.45) is 7.49. The third-order valence-electron chi connectivity index (χ3n) is 4.21. The molecular weight excluding hydrogens is 212 g/mol. The Morgan fingerprint density at radius 1 is 1.24 bits per heavy atom. The summed E-state index contributed by atoms with van der Waals surface area (Å²) in [6, 6.07) is 0.559. The van der Waals surface area contributed by atoms with E-state index in [1.807, 2.05) is 11.8 Å². The Labute approximate surface area is 105 Å². The molecule has 3 heteroatoms. The van der Waals surface area contributed by atoms with Gasteiger partial charge in [-0.15, -0.1) is 0 Å². The molecule has 3 unspecified atom stereocenters. The molecule has 2 aliphatic rings. The average molecular weight is 238 g/mol. The zero-order valence-corrected chi connectivity index (χ0v) is 11.2. The van der Waals surface area contributed by atoms with Crippen molar-refractivity contribution in [2.75, 3.05) is 13.1 Å². The van der Waals surface area contributed by atoms with Gasteiger partial charge in [0.25, 0.3) is 0 Å². The van der Waals surface area contributed by atoms with Gasteiger partial charge in [-0.05, 0) is 38.5 Å². The average Bonchev–Trinajstić information content (AvgIpc) is 2.81. The second kappa shape index (κ2) is 5.85. The summed E-state index contributed by atoms with van der Waals surface area (Å²) in [6.45, 7) is 6.28. The van der Waals surface area contributed by atoms with Crippen LogP contribution >= 0.6 is 0 Å². The number of nitrogens with one attached hydrogen (secondary N) is 1. The number of likely N-dealkylation sites (tertiary alicyclic amines) is 1. The first-order chi connectivity index (χ1) is 8.16. The van der Waals surface area contributed by atoms with Crippen molar-refractivity contribution < 1.29 is 4.79 Å². The molecule has 0 radical (unpaired) electrons. The minimum absolute atomic E-state index is 0.00315. The predicted molar refractivity (Wildman–Crippen MR) is 69.8 cm³/mol. The Balaban J connectivity index is 1.79. The number of hydrogen-bond donors (Lipinski definition) is 1. The summed E-state index contributed by atoms with van der Waals surface area (Å²) in [5.74, 6) is 1.12. The van der Waals surface area contributed by atoms with Crippen molar-refractivity contribution in [3.05, 3.63) is 0 Å². The SMILES string of the molecule is CC1CCCC(NC(C)C(=O)N2CCCC2)C1. The fraction of sp³-hybridized carbons (Fsp3) is 0.929. The lowest BCUT2D eigenvalue weighted by Gasteiger charge is -2.31. The summed E-state index contributed by atoms with van der Waals surface area (Å²) >= 11 is 0. The largest absolute Gasteiger partial charge is 0.341 e. The van der Waals surface area contributed by atoms with Crippen LogP contribution in [-0.2, 0) is 4.79 Å². The van der Waals surface area contributed by atoms with Crippen molar-refractivity contribution in [2.45, 2.75) is 64.5 Å². The first kappa shape index (κ1) is 12.9. The van der Waals surface area contributed by atoms with Gasteiger partial charge in [-0.25, -0.2) is 0 Å². The maximum absolute atomic E-state index is 12.2. The van der Waals surface area contributed by atoms with Crippen LogP contribution in [0.3, 0.4) is 0 Å². The summed E-state index contributed by atoms with van der Waals surface area (Å²) < 4.78 is 0. The highest BCUT2D eigenvalue weighted by molar-refractivity contribution is 5.81. The molecule has 1 saturated carbocycles. The Morgan fingerprint density at radius 3 is 2.59 bits per heavy atom. The molecule has 0 aromatic rings. The molecule has 0 spiro atoms. The van der Waals surface area contributed by atoms with Gasteiger partial charge >= 0.3 is 0 Å². The van der Waals surface area contributed by atoms with E-state index in [9.17, 15) is 4.79 Å². The zero-order chi connectivity index (χ0) is 12.3. The molecule has 1 saturated heterocycles. The van der Waals surface area contributed by atoms with Gasteiger partial charge in [0, 0.05) is 19.1 Å². The fourth-order valence-electron chi connectivity index (χ4n) is 3.22. The van der Waals surface area contributed by atoms with Crippen LogP contribution in [0.2, 0.25) is 0 Å². The summed E-state index contributed by atoms with van der Waals surface area (Å²) in [5, 5.41) is 3.53. The van der Waals surface area contributed by atoms with E-state index in [2.05, 4.69) is 12.2 Å². The lowest BCUT2D eigenvalue weighted by atomic mass is 9.87. The maximum Gasteiger partial charge on any atom is 0.239 e. The molecule has 98 valence electrons. The van der Waals surface area contributed by atoms with Crippen LogP contribution in [0, 0.1) is 5.92 Å². The highest BCUT2D eigenvalue weighted by atomic mass is 16.2. The third kappa shape index (κ3) is 3.44. The molecule has 1 amide bonds. The van der Waals surface area contributed by atoms with E-state index in [0.29, 0.717) is 11.9 Å². The lowest BCUT2D eigenvalue weighted by Crippen LogP contribution is -2.48. The highest BCUT2D eigenvalue weighted by Crippen LogP contribution is 2.24. The van der Waals surface area contributed by atoms with Gasteiger partial charge in [0.05, 0.1) is 6.04 Å². The minimum Gasteiger partial charge on any atom is -0.341 e. The fourth-order valence-corrected chi connectivity index (χ4v) is 3.22. The van der Waals surface area contributed by atoms with Crippen LogP contribution in [-0.4, -0.2) is 36.0 Å². The molecule has 3 nitrogen and oxygen atoms in total. The first-order valence-corrected chi connectivity index (χ1v) is 7.21. The van der Waals surface area contributed by atoms with Crippen LogP contribution in [0.5, 0.6) is 0 Å². The number of carbonyl (C=O) groups excluding carboxylic acids is 1. The van der Waals surface area contributed by atoms with Crippen LogP contribution in [0.1, 0.15) is 52.4 Å². The Bertz CT molecular complexity index is 261. The van der Waals surface area contributed by atoms with Crippen molar-refractivity contribution in [3.8, 4) is 0 Å². The van der Waals surface area contributed by atoms with Crippen molar-refractivity contribution in [1.29, 1.82) is 0 Å². The molecule has 0 bridgehead atoms. The van der Waals surface area contributed by atoms with Gasteiger partial charge in [-0.3, -0.25) is 4.79 Å². The number of carbonyl (C=O) groups is 1. The number of nitrogens with zero attached hydrogens (tertiary/aromatic N) is 1. The van der Waals surface area contributed by atoms with Gasteiger partial charge < -0.3 is 10.2 Å². The highest BCUT2D eigenvalue weighted by Gasteiger charge is 2.26. The van der Waals surface area contributed by atoms with E-state index in [1.165, 1.54) is 38.5 Å². The first-order valence-electron chi connectivity index (χ1n) is 7.21.